The summed E-state index contributed by atoms with van der Waals surface area (Å²) >= 11 is 0. The number of rotatable bonds is 6. The van der Waals surface area contributed by atoms with Gasteiger partial charge in [-0.2, -0.15) is 0 Å². The molecule has 2 unspecified atom stereocenters. The van der Waals surface area contributed by atoms with Crippen LogP contribution in [0.5, 0.6) is 0 Å². The number of furan rings is 1. The normalized spacial score (nSPS) is 24.4. The highest BCUT2D eigenvalue weighted by Crippen LogP contribution is 2.22. The van der Waals surface area contributed by atoms with Crippen molar-refractivity contribution in [3.8, 4) is 0 Å². The fourth-order valence-corrected chi connectivity index (χ4v) is 2.73. The van der Waals surface area contributed by atoms with E-state index in [0.29, 0.717) is 18.1 Å². The minimum absolute atomic E-state index is 0.343. The number of methoxy groups -OCH3 is 1. The first-order valence-corrected chi connectivity index (χ1v) is 7.64. The summed E-state index contributed by atoms with van der Waals surface area (Å²) in [6, 6.07) is 2.57. The summed E-state index contributed by atoms with van der Waals surface area (Å²) < 4.78 is 11.3. The van der Waals surface area contributed by atoms with Gasteiger partial charge in [-0.25, -0.2) is 0 Å². The van der Waals surface area contributed by atoms with Crippen LogP contribution in [-0.2, 0) is 17.8 Å². The molecule has 0 saturated carbocycles. The Balaban J connectivity index is 1.91. The molecule has 1 fully saturated rings. The lowest BCUT2D eigenvalue weighted by Gasteiger charge is -2.35. The van der Waals surface area contributed by atoms with Crippen LogP contribution in [0.2, 0.25) is 0 Å². The fraction of sp³-hybridized carbons (Fsp3) is 0.750. The molecule has 4 nitrogen and oxygen atoms in total. The molecule has 1 aromatic rings. The maximum absolute atomic E-state index is 5.67. The molecule has 0 aromatic carbocycles. The van der Waals surface area contributed by atoms with Crippen molar-refractivity contribution in [3.05, 3.63) is 23.7 Å². The fourth-order valence-electron chi connectivity index (χ4n) is 2.73. The van der Waals surface area contributed by atoms with Gasteiger partial charge in [-0.15, -0.1) is 0 Å². The van der Waals surface area contributed by atoms with Crippen LogP contribution >= 0.6 is 0 Å². The Kier molecular flexibility index (Phi) is 5.64. The third kappa shape index (κ3) is 4.08. The Morgan fingerprint density at radius 3 is 3.00 bits per heavy atom. The number of piperidine rings is 1. The Hall–Kier alpha value is -0.840. The van der Waals surface area contributed by atoms with E-state index in [1.807, 2.05) is 7.11 Å². The lowest BCUT2D eigenvalue weighted by atomic mass is 9.95. The smallest absolute Gasteiger partial charge is 0.122 e. The van der Waals surface area contributed by atoms with Gasteiger partial charge in [0.25, 0.3) is 0 Å². The molecule has 114 valence electrons. The molecule has 2 rings (SSSR count). The van der Waals surface area contributed by atoms with E-state index in [2.05, 4.69) is 37.1 Å². The number of ether oxygens (including phenoxy) is 1. The van der Waals surface area contributed by atoms with Gasteiger partial charge in [0.05, 0.1) is 18.9 Å². The maximum atomic E-state index is 5.67. The van der Waals surface area contributed by atoms with Crippen LogP contribution < -0.4 is 5.32 Å². The van der Waals surface area contributed by atoms with Crippen LogP contribution in [0, 0.1) is 5.92 Å². The molecule has 20 heavy (non-hydrogen) atoms. The number of likely N-dealkylation sites (tertiary alicyclic amines) is 1. The highest BCUT2D eigenvalue weighted by atomic mass is 16.5. The molecule has 1 aliphatic rings. The third-order valence-electron chi connectivity index (χ3n) is 4.18. The summed E-state index contributed by atoms with van der Waals surface area (Å²) in [4.78, 5) is 2.44. The van der Waals surface area contributed by atoms with Gasteiger partial charge in [0.2, 0.25) is 0 Å². The van der Waals surface area contributed by atoms with Crippen LogP contribution in [0.15, 0.2) is 16.7 Å². The van der Waals surface area contributed by atoms with Crippen molar-refractivity contribution in [2.75, 3.05) is 20.2 Å². The van der Waals surface area contributed by atoms with Crippen LogP contribution in [0.4, 0.5) is 0 Å². The van der Waals surface area contributed by atoms with Gasteiger partial charge in [0.15, 0.2) is 0 Å². The number of hydrogen-bond donors (Lipinski definition) is 1. The zero-order chi connectivity index (χ0) is 14.5. The van der Waals surface area contributed by atoms with Gasteiger partial charge in [0.1, 0.15) is 5.76 Å². The molecule has 2 atom stereocenters. The van der Waals surface area contributed by atoms with Crippen LogP contribution in [0.3, 0.4) is 0 Å². The highest BCUT2D eigenvalue weighted by Gasteiger charge is 2.26. The average Bonchev–Trinajstić information content (AvgIpc) is 2.86. The molecule has 1 aliphatic heterocycles. The van der Waals surface area contributed by atoms with Gasteiger partial charge in [0, 0.05) is 31.8 Å². The van der Waals surface area contributed by atoms with E-state index in [0.717, 1.165) is 31.9 Å². The lowest BCUT2D eigenvalue weighted by molar-refractivity contribution is -0.00927. The van der Waals surface area contributed by atoms with Crippen molar-refractivity contribution in [3.63, 3.8) is 0 Å². The van der Waals surface area contributed by atoms with Gasteiger partial charge in [-0.3, -0.25) is 4.90 Å². The summed E-state index contributed by atoms with van der Waals surface area (Å²) in [5, 5.41) is 3.45. The van der Waals surface area contributed by atoms with Crippen molar-refractivity contribution >= 4 is 0 Å². The molecular formula is C16H28N2O2. The van der Waals surface area contributed by atoms with Gasteiger partial charge >= 0.3 is 0 Å². The van der Waals surface area contributed by atoms with Crippen molar-refractivity contribution in [1.29, 1.82) is 0 Å². The van der Waals surface area contributed by atoms with Crippen molar-refractivity contribution in [2.24, 2.45) is 5.92 Å². The SMILES string of the molecule is COC1CN(Cc2occc2CNC(C)C)CCC1C. The molecule has 0 aliphatic carbocycles. The molecule has 1 saturated heterocycles. The molecule has 0 spiro atoms. The summed E-state index contributed by atoms with van der Waals surface area (Å²) in [5.74, 6) is 1.73. The summed E-state index contributed by atoms with van der Waals surface area (Å²) in [5.41, 5.74) is 1.27. The van der Waals surface area contributed by atoms with Crippen molar-refractivity contribution < 1.29 is 9.15 Å². The van der Waals surface area contributed by atoms with Gasteiger partial charge in [-0.05, 0) is 24.9 Å². The molecule has 1 aromatic heterocycles. The first-order chi connectivity index (χ1) is 9.60. The van der Waals surface area contributed by atoms with Crippen LogP contribution in [-0.4, -0.2) is 37.2 Å². The highest BCUT2D eigenvalue weighted by molar-refractivity contribution is 5.17. The van der Waals surface area contributed by atoms with E-state index in [-0.39, 0.29) is 0 Å². The first kappa shape index (κ1) is 15.5. The monoisotopic (exact) mass is 280 g/mol. The predicted octanol–water partition coefficient (Wildman–Crippen LogP) is 2.63. The zero-order valence-corrected chi connectivity index (χ0v) is 13.2. The van der Waals surface area contributed by atoms with E-state index in [4.69, 9.17) is 9.15 Å². The average molecular weight is 280 g/mol. The van der Waals surface area contributed by atoms with E-state index in [9.17, 15) is 0 Å². The quantitative estimate of drug-likeness (QED) is 0.869. The molecular weight excluding hydrogens is 252 g/mol. The topological polar surface area (TPSA) is 37.6 Å². The second-order valence-corrected chi connectivity index (χ2v) is 6.18. The Bertz CT molecular complexity index is 403. The predicted molar refractivity (Wildman–Crippen MR) is 80.5 cm³/mol. The number of nitrogens with zero attached hydrogens (tertiary/aromatic N) is 1. The van der Waals surface area contributed by atoms with Gasteiger partial charge in [-0.1, -0.05) is 20.8 Å². The van der Waals surface area contributed by atoms with E-state index in [1.54, 1.807) is 6.26 Å². The van der Waals surface area contributed by atoms with Crippen molar-refractivity contribution in [2.45, 2.75) is 52.4 Å². The molecule has 0 bridgehead atoms. The molecule has 1 N–H and O–H groups in total. The van der Waals surface area contributed by atoms with Crippen LogP contribution in [0.1, 0.15) is 38.5 Å². The van der Waals surface area contributed by atoms with Crippen molar-refractivity contribution in [1.82, 2.24) is 10.2 Å². The first-order valence-electron chi connectivity index (χ1n) is 7.64. The number of hydrogen-bond acceptors (Lipinski definition) is 4. The second-order valence-electron chi connectivity index (χ2n) is 6.18. The molecule has 0 radical (unpaired) electrons. The lowest BCUT2D eigenvalue weighted by Crippen LogP contribution is -2.43. The summed E-state index contributed by atoms with van der Waals surface area (Å²) in [6.45, 7) is 10.5. The van der Waals surface area contributed by atoms with E-state index in [1.165, 1.54) is 12.0 Å². The Morgan fingerprint density at radius 1 is 1.50 bits per heavy atom. The minimum Gasteiger partial charge on any atom is -0.468 e. The van der Waals surface area contributed by atoms with E-state index < -0.39 is 0 Å². The Labute approximate surface area is 122 Å². The summed E-state index contributed by atoms with van der Waals surface area (Å²) in [7, 11) is 1.82. The number of nitrogens with one attached hydrogen (secondary N) is 1. The Morgan fingerprint density at radius 2 is 2.30 bits per heavy atom. The minimum atomic E-state index is 0.343. The van der Waals surface area contributed by atoms with Gasteiger partial charge < -0.3 is 14.5 Å². The van der Waals surface area contributed by atoms with Crippen LogP contribution in [0.25, 0.3) is 0 Å². The maximum Gasteiger partial charge on any atom is 0.122 e. The molecule has 4 heteroatoms. The van der Waals surface area contributed by atoms with E-state index >= 15 is 0 Å². The summed E-state index contributed by atoms with van der Waals surface area (Å²) in [6.07, 6.45) is 3.34. The molecule has 2 heterocycles. The standard InChI is InChI=1S/C16H28N2O2/c1-12(2)17-9-14-6-8-20-16(14)11-18-7-5-13(3)15(10-18)19-4/h6,8,12-13,15,17H,5,7,9-11H2,1-4H3. The third-order valence-corrected chi connectivity index (χ3v) is 4.18. The zero-order valence-electron chi connectivity index (χ0n) is 13.2. The molecule has 0 amide bonds. The largest absolute Gasteiger partial charge is 0.468 e. The second kappa shape index (κ2) is 7.25.